The summed E-state index contributed by atoms with van der Waals surface area (Å²) in [5.74, 6) is 2.03. The zero-order chi connectivity index (χ0) is 16.2. The van der Waals surface area contributed by atoms with Crippen LogP contribution < -0.4 is 4.74 Å². The first-order valence-corrected chi connectivity index (χ1v) is 7.80. The fourth-order valence-corrected chi connectivity index (χ4v) is 2.37. The maximum Gasteiger partial charge on any atom is 0.127 e. The minimum absolute atomic E-state index is 0.386. The largest absolute Gasteiger partial charge is 0.457 e. The van der Waals surface area contributed by atoms with Crippen molar-refractivity contribution in [1.82, 2.24) is 9.97 Å². The van der Waals surface area contributed by atoms with Gasteiger partial charge in [-0.15, -0.1) is 0 Å². The van der Waals surface area contributed by atoms with Gasteiger partial charge in [-0.05, 0) is 49.2 Å². The summed E-state index contributed by atoms with van der Waals surface area (Å²) in [5, 5.41) is 0. The number of rotatable bonds is 4. The van der Waals surface area contributed by atoms with E-state index < -0.39 is 0 Å². The van der Waals surface area contributed by atoms with Gasteiger partial charge in [-0.1, -0.05) is 32.0 Å². The average Bonchev–Trinajstić information content (AvgIpc) is 2.56. The third kappa shape index (κ3) is 3.57. The Morgan fingerprint density at radius 3 is 2.13 bits per heavy atom. The highest BCUT2D eigenvalue weighted by molar-refractivity contribution is 5.62. The van der Waals surface area contributed by atoms with Crippen LogP contribution in [0.25, 0.3) is 11.3 Å². The molecular weight excluding hydrogens is 284 g/mol. The highest BCUT2D eigenvalue weighted by Gasteiger charge is 2.08. The number of hydrogen-bond donors (Lipinski definition) is 0. The lowest BCUT2D eigenvalue weighted by atomic mass is 10.1. The molecule has 2 aromatic carbocycles. The maximum absolute atomic E-state index is 5.81. The van der Waals surface area contributed by atoms with Crippen molar-refractivity contribution in [2.75, 3.05) is 0 Å². The van der Waals surface area contributed by atoms with Gasteiger partial charge in [0.25, 0.3) is 0 Å². The van der Waals surface area contributed by atoms with Crippen molar-refractivity contribution < 1.29 is 4.74 Å². The summed E-state index contributed by atoms with van der Waals surface area (Å²) in [6.07, 6.45) is 1.86. The Morgan fingerprint density at radius 1 is 0.870 bits per heavy atom. The van der Waals surface area contributed by atoms with Crippen LogP contribution in [-0.2, 0) is 0 Å². The van der Waals surface area contributed by atoms with Crippen LogP contribution in [0, 0.1) is 6.92 Å². The Bertz CT molecular complexity index is 780. The lowest BCUT2D eigenvalue weighted by Crippen LogP contribution is -1.99. The fourth-order valence-electron chi connectivity index (χ4n) is 2.37. The maximum atomic E-state index is 5.81. The van der Waals surface area contributed by atoms with Crippen molar-refractivity contribution in [2.24, 2.45) is 0 Å². The van der Waals surface area contributed by atoms with Crippen LogP contribution in [0.2, 0.25) is 0 Å². The van der Waals surface area contributed by atoms with E-state index in [1.54, 1.807) is 0 Å². The molecule has 0 unspecified atom stereocenters. The number of nitrogens with zero attached hydrogens (tertiary/aromatic N) is 2. The van der Waals surface area contributed by atoms with E-state index in [9.17, 15) is 0 Å². The van der Waals surface area contributed by atoms with Crippen LogP contribution in [0.4, 0.5) is 0 Å². The van der Waals surface area contributed by atoms with Crippen molar-refractivity contribution in [3.8, 4) is 22.8 Å². The van der Waals surface area contributed by atoms with Gasteiger partial charge in [0.05, 0.1) is 17.1 Å². The number of benzene rings is 2. The average molecular weight is 304 g/mol. The minimum atomic E-state index is 0.386. The second kappa shape index (κ2) is 6.61. The zero-order valence-electron chi connectivity index (χ0n) is 13.7. The first kappa shape index (κ1) is 15.2. The highest BCUT2D eigenvalue weighted by atomic mass is 16.5. The summed E-state index contributed by atoms with van der Waals surface area (Å²) in [6.45, 7) is 6.25. The molecule has 1 aromatic heterocycles. The molecule has 0 spiro atoms. The number of aryl methyl sites for hydroxylation is 1. The fraction of sp³-hybridized carbons (Fsp3) is 0.200. The quantitative estimate of drug-likeness (QED) is 0.650. The molecule has 23 heavy (non-hydrogen) atoms. The van der Waals surface area contributed by atoms with E-state index in [0.29, 0.717) is 5.92 Å². The molecule has 0 bridgehead atoms. The third-order valence-corrected chi connectivity index (χ3v) is 3.66. The lowest BCUT2D eigenvalue weighted by molar-refractivity contribution is 0.483. The SMILES string of the molecule is Cc1nc(C(C)C)cnc1-c1ccc(Oc2ccccc2)cc1. The van der Waals surface area contributed by atoms with Gasteiger partial charge in [-0.25, -0.2) is 0 Å². The van der Waals surface area contributed by atoms with Gasteiger partial charge >= 0.3 is 0 Å². The van der Waals surface area contributed by atoms with Gasteiger partial charge in [-0.2, -0.15) is 0 Å². The van der Waals surface area contributed by atoms with Crippen LogP contribution in [0.15, 0.2) is 60.8 Å². The van der Waals surface area contributed by atoms with Crippen LogP contribution in [0.3, 0.4) is 0 Å². The van der Waals surface area contributed by atoms with Crippen LogP contribution >= 0.6 is 0 Å². The van der Waals surface area contributed by atoms with E-state index in [4.69, 9.17) is 4.74 Å². The molecule has 3 rings (SSSR count). The smallest absolute Gasteiger partial charge is 0.127 e. The summed E-state index contributed by atoms with van der Waals surface area (Å²) in [5.41, 5.74) is 3.94. The van der Waals surface area contributed by atoms with E-state index in [1.165, 1.54) is 0 Å². The molecule has 1 heterocycles. The van der Waals surface area contributed by atoms with Crippen LogP contribution in [0.5, 0.6) is 11.5 Å². The van der Waals surface area contributed by atoms with Crippen molar-refractivity contribution >= 4 is 0 Å². The summed E-state index contributed by atoms with van der Waals surface area (Å²) in [7, 11) is 0. The summed E-state index contributed by atoms with van der Waals surface area (Å²) < 4.78 is 5.81. The molecule has 3 aromatic rings. The Morgan fingerprint density at radius 2 is 1.52 bits per heavy atom. The van der Waals surface area contributed by atoms with Crippen molar-refractivity contribution in [3.05, 3.63) is 72.2 Å². The van der Waals surface area contributed by atoms with E-state index in [1.807, 2.05) is 67.7 Å². The number of hydrogen-bond acceptors (Lipinski definition) is 3. The van der Waals surface area contributed by atoms with Crippen molar-refractivity contribution in [3.63, 3.8) is 0 Å². The topological polar surface area (TPSA) is 35.0 Å². The zero-order valence-corrected chi connectivity index (χ0v) is 13.7. The van der Waals surface area contributed by atoms with Gasteiger partial charge in [-0.3, -0.25) is 9.97 Å². The van der Waals surface area contributed by atoms with Crippen LogP contribution in [0.1, 0.15) is 31.2 Å². The second-order valence-corrected chi connectivity index (χ2v) is 5.82. The molecule has 0 aliphatic rings. The molecular formula is C20H20N2O. The molecule has 0 atom stereocenters. The van der Waals surface area contributed by atoms with Crippen molar-refractivity contribution in [1.29, 1.82) is 0 Å². The Kier molecular flexibility index (Phi) is 4.38. The van der Waals surface area contributed by atoms with E-state index in [0.717, 1.165) is 34.1 Å². The molecule has 0 N–H and O–H groups in total. The Labute approximate surface area is 137 Å². The molecule has 0 aliphatic heterocycles. The molecule has 3 nitrogen and oxygen atoms in total. The molecule has 0 aliphatic carbocycles. The third-order valence-electron chi connectivity index (χ3n) is 3.66. The molecule has 116 valence electrons. The normalized spacial score (nSPS) is 10.8. The first-order valence-electron chi connectivity index (χ1n) is 7.80. The molecule has 0 saturated carbocycles. The standard InChI is InChI=1S/C20H20N2O/c1-14(2)19-13-21-20(15(3)22-19)16-9-11-18(12-10-16)23-17-7-5-4-6-8-17/h4-14H,1-3H3. The lowest BCUT2D eigenvalue weighted by Gasteiger charge is -2.10. The van der Waals surface area contributed by atoms with Gasteiger partial charge in [0.1, 0.15) is 11.5 Å². The molecule has 3 heteroatoms. The highest BCUT2D eigenvalue weighted by Crippen LogP contribution is 2.26. The summed E-state index contributed by atoms with van der Waals surface area (Å²) in [6, 6.07) is 17.7. The molecule has 0 saturated heterocycles. The predicted molar refractivity (Wildman–Crippen MR) is 92.8 cm³/mol. The number of ether oxygens (including phenoxy) is 1. The van der Waals surface area contributed by atoms with Crippen molar-refractivity contribution in [2.45, 2.75) is 26.7 Å². The summed E-state index contributed by atoms with van der Waals surface area (Å²) >= 11 is 0. The van der Waals surface area contributed by atoms with Gasteiger partial charge < -0.3 is 4.74 Å². The number of para-hydroxylation sites is 1. The molecule has 0 fully saturated rings. The Hall–Kier alpha value is -2.68. The monoisotopic (exact) mass is 304 g/mol. The minimum Gasteiger partial charge on any atom is -0.457 e. The van der Waals surface area contributed by atoms with Crippen LogP contribution in [-0.4, -0.2) is 9.97 Å². The second-order valence-electron chi connectivity index (χ2n) is 5.82. The van der Waals surface area contributed by atoms with E-state index >= 15 is 0 Å². The molecule has 0 radical (unpaired) electrons. The van der Waals surface area contributed by atoms with Gasteiger partial charge in [0, 0.05) is 11.8 Å². The Balaban J connectivity index is 1.82. The van der Waals surface area contributed by atoms with E-state index in [-0.39, 0.29) is 0 Å². The van der Waals surface area contributed by atoms with E-state index in [2.05, 4.69) is 23.8 Å². The number of aromatic nitrogens is 2. The summed E-state index contributed by atoms with van der Waals surface area (Å²) in [4.78, 5) is 9.23. The molecule has 0 amide bonds. The first-order chi connectivity index (χ1) is 11.1. The van der Waals surface area contributed by atoms with Gasteiger partial charge in [0.15, 0.2) is 0 Å². The predicted octanol–water partition coefficient (Wildman–Crippen LogP) is 5.37. The van der Waals surface area contributed by atoms with Gasteiger partial charge in [0.2, 0.25) is 0 Å².